The molecule has 0 aliphatic carbocycles. The van der Waals surface area contributed by atoms with Crippen molar-refractivity contribution in [3.05, 3.63) is 24.3 Å². The lowest BCUT2D eigenvalue weighted by molar-refractivity contribution is -0.116. The molecule has 1 amide bonds. The van der Waals surface area contributed by atoms with Gasteiger partial charge in [0.2, 0.25) is 5.91 Å². The predicted molar refractivity (Wildman–Crippen MR) is 79.9 cm³/mol. The van der Waals surface area contributed by atoms with Gasteiger partial charge in [0.05, 0.1) is 6.61 Å². The Balaban J connectivity index is 2.31. The Hall–Kier alpha value is -1.59. The molecule has 0 radical (unpaired) electrons. The standard InChI is InChI=1S/C15H24N2O3/c1-12(16)4-3-5-15(18)17-13-6-8-14(9-7-13)20-11-10-19-2/h6-9,12H,3-5,10-11,16H2,1-2H3,(H,17,18). The number of benzene rings is 1. The van der Waals surface area contributed by atoms with Crippen molar-refractivity contribution < 1.29 is 14.3 Å². The summed E-state index contributed by atoms with van der Waals surface area (Å²) < 4.78 is 10.3. The summed E-state index contributed by atoms with van der Waals surface area (Å²) in [4.78, 5) is 11.7. The molecule has 0 spiro atoms. The summed E-state index contributed by atoms with van der Waals surface area (Å²) in [5.74, 6) is 0.774. The molecule has 112 valence electrons. The van der Waals surface area contributed by atoms with E-state index in [4.69, 9.17) is 15.2 Å². The van der Waals surface area contributed by atoms with Gasteiger partial charge in [0.1, 0.15) is 12.4 Å². The number of amides is 1. The first-order valence-corrected chi connectivity index (χ1v) is 6.89. The van der Waals surface area contributed by atoms with E-state index in [1.807, 2.05) is 31.2 Å². The second-order valence-corrected chi connectivity index (χ2v) is 4.78. The van der Waals surface area contributed by atoms with Crippen LogP contribution in [0.25, 0.3) is 0 Å². The second-order valence-electron chi connectivity index (χ2n) is 4.78. The molecule has 5 heteroatoms. The van der Waals surface area contributed by atoms with Gasteiger partial charge < -0.3 is 20.5 Å². The van der Waals surface area contributed by atoms with Crippen molar-refractivity contribution >= 4 is 11.6 Å². The zero-order chi connectivity index (χ0) is 14.8. The third-order valence-electron chi connectivity index (χ3n) is 2.76. The van der Waals surface area contributed by atoms with Crippen LogP contribution in [0.2, 0.25) is 0 Å². The zero-order valence-corrected chi connectivity index (χ0v) is 12.2. The Labute approximate surface area is 120 Å². The van der Waals surface area contributed by atoms with Crippen LogP contribution >= 0.6 is 0 Å². The number of hydrogen-bond donors (Lipinski definition) is 2. The van der Waals surface area contributed by atoms with Gasteiger partial charge in [-0.2, -0.15) is 0 Å². The lowest BCUT2D eigenvalue weighted by Crippen LogP contribution is -2.16. The van der Waals surface area contributed by atoms with Crippen molar-refractivity contribution in [3.8, 4) is 5.75 Å². The Morgan fingerprint density at radius 2 is 2.00 bits per heavy atom. The van der Waals surface area contributed by atoms with Crippen LogP contribution in [0, 0.1) is 0 Å². The summed E-state index contributed by atoms with van der Waals surface area (Å²) in [6.45, 7) is 3.01. The van der Waals surface area contributed by atoms with Crippen LogP contribution in [-0.4, -0.2) is 32.3 Å². The summed E-state index contributed by atoms with van der Waals surface area (Å²) in [7, 11) is 1.63. The van der Waals surface area contributed by atoms with E-state index < -0.39 is 0 Å². The van der Waals surface area contributed by atoms with Crippen molar-refractivity contribution in [1.29, 1.82) is 0 Å². The Morgan fingerprint density at radius 3 is 2.60 bits per heavy atom. The molecule has 0 aromatic heterocycles. The Morgan fingerprint density at radius 1 is 1.30 bits per heavy atom. The molecule has 5 nitrogen and oxygen atoms in total. The van der Waals surface area contributed by atoms with Gasteiger partial charge in [-0.25, -0.2) is 0 Å². The van der Waals surface area contributed by atoms with E-state index in [1.165, 1.54) is 0 Å². The minimum atomic E-state index is 0.0127. The van der Waals surface area contributed by atoms with E-state index in [-0.39, 0.29) is 11.9 Å². The van der Waals surface area contributed by atoms with Crippen LogP contribution < -0.4 is 15.8 Å². The fourth-order valence-electron chi connectivity index (χ4n) is 1.69. The minimum Gasteiger partial charge on any atom is -0.491 e. The molecule has 0 bridgehead atoms. The zero-order valence-electron chi connectivity index (χ0n) is 12.2. The van der Waals surface area contributed by atoms with E-state index >= 15 is 0 Å². The molecular formula is C15H24N2O3. The molecule has 0 saturated carbocycles. The van der Waals surface area contributed by atoms with Crippen molar-refractivity contribution in [2.75, 3.05) is 25.6 Å². The number of hydrogen-bond acceptors (Lipinski definition) is 4. The average Bonchev–Trinajstić information content (AvgIpc) is 2.40. The maximum absolute atomic E-state index is 11.7. The molecule has 3 N–H and O–H groups in total. The largest absolute Gasteiger partial charge is 0.491 e. The summed E-state index contributed by atoms with van der Waals surface area (Å²) >= 11 is 0. The highest BCUT2D eigenvalue weighted by atomic mass is 16.5. The number of rotatable bonds is 9. The molecule has 0 fully saturated rings. The maximum atomic E-state index is 11.7. The van der Waals surface area contributed by atoms with Gasteiger partial charge in [0.15, 0.2) is 0 Å². The van der Waals surface area contributed by atoms with Crippen molar-refractivity contribution in [2.45, 2.75) is 32.2 Å². The average molecular weight is 280 g/mol. The first-order valence-electron chi connectivity index (χ1n) is 6.89. The Kier molecular flexibility index (Phi) is 7.69. The number of methoxy groups -OCH3 is 1. The molecule has 0 aliphatic rings. The van der Waals surface area contributed by atoms with Gasteiger partial charge in [0, 0.05) is 25.3 Å². The van der Waals surface area contributed by atoms with Crippen molar-refractivity contribution in [2.24, 2.45) is 5.73 Å². The topological polar surface area (TPSA) is 73.6 Å². The SMILES string of the molecule is COCCOc1ccc(NC(=O)CCCC(C)N)cc1. The fourth-order valence-corrected chi connectivity index (χ4v) is 1.69. The molecule has 1 aromatic carbocycles. The number of carbonyl (C=O) groups excluding carboxylic acids is 1. The van der Waals surface area contributed by atoms with Gasteiger partial charge in [-0.15, -0.1) is 0 Å². The summed E-state index contributed by atoms with van der Waals surface area (Å²) in [6, 6.07) is 7.45. The van der Waals surface area contributed by atoms with Gasteiger partial charge in [-0.1, -0.05) is 0 Å². The predicted octanol–water partition coefficient (Wildman–Crippen LogP) is 2.17. The normalized spacial score (nSPS) is 11.9. The highest BCUT2D eigenvalue weighted by Gasteiger charge is 2.03. The van der Waals surface area contributed by atoms with E-state index in [0.29, 0.717) is 19.6 Å². The van der Waals surface area contributed by atoms with Crippen molar-refractivity contribution in [1.82, 2.24) is 0 Å². The first-order chi connectivity index (χ1) is 9.61. The van der Waals surface area contributed by atoms with E-state index in [9.17, 15) is 4.79 Å². The molecular weight excluding hydrogens is 256 g/mol. The van der Waals surface area contributed by atoms with Gasteiger partial charge in [0.25, 0.3) is 0 Å². The molecule has 1 atom stereocenters. The summed E-state index contributed by atoms with van der Waals surface area (Å²) in [5.41, 5.74) is 6.42. The van der Waals surface area contributed by atoms with Crippen molar-refractivity contribution in [3.63, 3.8) is 0 Å². The molecule has 0 saturated heterocycles. The molecule has 0 heterocycles. The van der Waals surface area contributed by atoms with Crippen LogP contribution in [0.15, 0.2) is 24.3 Å². The highest BCUT2D eigenvalue weighted by molar-refractivity contribution is 5.90. The highest BCUT2D eigenvalue weighted by Crippen LogP contribution is 2.16. The van der Waals surface area contributed by atoms with E-state index in [0.717, 1.165) is 24.3 Å². The van der Waals surface area contributed by atoms with Gasteiger partial charge in [-0.3, -0.25) is 4.79 Å². The lowest BCUT2D eigenvalue weighted by atomic mass is 10.1. The van der Waals surface area contributed by atoms with E-state index in [2.05, 4.69) is 5.32 Å². The van der Waals surface area contributed by atoms with Gasteiger partial charge >= 0.3 is 0 Å². The molecule has 1 aromatic rings. The number of nitrogens with two attached hydrogens (primary N) is 1. The molecule has 0 aliphatic heterocycles. The second kappa shape index (κ2) is 9.34. The van der Waals surface area contributed by atoms with Crippen LogP contribution in [0.1, 0.15) is 26.2 Å². The lowest BCUT2D eigenvalue weighted by Gasteiger charge is -2.08. The summed E-state index contributed by atoms with van der Waals surface area (Å²) in [6.07, 6.45) is 2.16. The third kappa shape index (κ3) is 7.11. The maximum Gasteiger partial charge on any atom is 0.224 e. The van der Waals surface area contributed by atoms with E-state index in [1.54, 1.807) is 7.11 Å². The Bertz CT molecular complexity index is 391. The van der Waals surface area contributed by atoms with Crippen LogP contribution in [0.3, 0.4) is 0 Å². The minimum absolute atomic E-state index is 0.0127. The van der Waals surface area contributed by atoms with Crippen LogP contribution in [0.4, 0.5) is 5.69 Å². The number of ether oxygens (including phenoxy) is 2. The third-order valence-corrected chi connectivity index (χ3v) is 2.76. The number of carbonyl (C=O) groups is 1. The van der Waals surface area contributed by atoms with Crippen LogP contribution in [0.5, 0.6) is 5.75 Å². The molecule has 20 heavy (non-hydrogen) atoms. The summed E-state index contributed by atoms with van der Waals surface area (Å²) in [5, 5.41) is 2.85. The molecule has 1 rings (SSSR count). The molecule has 1 unspecified atom stereocenters. The number of anilines is 1. The number of nitrogens with one attached hydrogen (secondary N) is 1. The van der Waals surface area contributed by atoms with Gasteiger partial charge in [-0.05, 0) is 44.0 Å². The monoisotopic (exact) mass is 280 g/mol. The van der Waals surface area contributed by atoms with Crippen LogP contribution in [-0.2, 0) is 9.53 Å². The smallest absolute Gasteiger partial charge is 0.224 e. The first kappa shape index (κ1) is 16.5. The fraction of sp³-hybridized carbons (Fsp3) is 0.533. The quantitative estimate of drug-likeness (QED) is 0.680.